The van der Waals surface area contributed by atoms with Gasteiger partial charge in [0.25, 0.3) is 15.9 Å². The van der Waals surface area contributed by atoms with Crippen molar-refractivity contribution in [3.63, 3.8) is 0 Å². The van der Waals surface area contributed by atoms with Gasteiger partial charge in [0, 0.05) is 5.56 Å². The summed E-state index contributed by atoms with van der Waals surface area (Å²) in [4.78, 5) is 26.7. The zero-order valence-corrected chi connectivity index (χ0v) is 17.9. The van der Waals surface area contributed by atoms with Crippen LogP contribution in [0.4, 0.5) is 17.1 Å². The molecule has 158 valence electrons. The van der Waals surface area contributed by atoms with Gasteiger partial charge in [-0.1, -0.05) is 36.4 Å². The standard InChI is InChI=1S/C23H21N3O4S/c1-15-7-3-4-8-18(15)25-31(29,30)21-13-17(12-11-16(21)2)23(28)26-14-22(27)24-19-9-5-6-10-20(19)26/h3-13,25H,14H2,1-2H3,(H,24,27). The molecule has 1 aliphatic heterocycles. The van der Waals surface area contributed by atoms with E-state index in [4.69, 9.17) is 0 Å². The fourth-order valence-corrected chi connectivity index (χ4v) is 4.88. The molecule has 0 spiro atoms. The fraction of sp³-hybridized carbons (Fsp3) is 0.130. The Morgan fingerprint density at radius 2 is 1.68 bits per heavy atom. The van der Waals surface area contributed by atoms with Crippen molar-refractivity contribution < 1.29 is 18.0 Å². The zero-order valence-electron chi connectivity index (χ0n) is 17.0. The van der Waals surface area contributed by atoms with Crippen molar-refractivity contribution in [2.24, 2.45) is 0 Å². The zero-order chi connectivity index (χ0) is 22.2. The summed E-state index contributed by atoms with van der Waals surface area (Å²) < 4.78 is 28.7. The van der Waals surface area contributed by atoms with Crippen LogP contribution in [0.3, 0.4) is 0 Å². The van der Waals surface area contributed by atoms with E-state index in [-0.39, 0.29) is 22.9 Å². The summed E-state index contributed by atoms with van der Waals surface area (Å²) in [5, 5.41) is 2.73. The molecule has 0 aromatic heterocycles. The summed E-state index contributed by atoms with van der Waals surface area (Å²) >= 11 is 0. The van der Waals surface area contributed by atoms with Gasteiger partial charge in [0.05, 0.1) is 22.0 Å². The molecule has 0 unspecified atom stereocenters. The molecule has 0 aliphatic carbocycles. The molecular weight excluding hydrogens is 414 g/mol. The van der Waals surface area contributed by atoms with Crippen molar-refractivity contribution in [1.29, 1.82) is 0 Å². The largest absolute Gasteiger partial charge is 0.323 e. The average Bonchev–Trinajstić information content (AvgIpc) is 2.74. The van der Waals surface area contributed by atoms with E-state index >= 15 is 0 Å². The summed E-state index contributed by atoms with van der Waals surface area (Å²) in [6.45, 7) is 3.33. The van der Waals surface area contributed by atoms with Gasteiger partial charge >= 0.3 is 0 Å². The number of hydrogen-bond acceptors (Lipinski definition) is 4. The molecular formula is C23H21N3O4S. The molecule has 0 radical (unpaired) electrons. The SMILES string of the molecule is Cc1ccccc1NS(=O)(=O)c1cc(C(=O)N2CC(=O)Nc3ccccc32)ccc1C. The van der Waals surface area contributed by atoms with E-state index in [0.29, 0.717) is 22.6 Å². The first-order chi connectivity index (χ1) is 14.8. The molecule has 0 atom stereocenters. The van der Waals surface area contributed by atoms with Gasteiger partial charge in [0.2, 0.25) is 5.91 Å². The molecule has 3 aromatic rings. The van der Waals surface area contributed by atoms with E-state index in [1.165, 1.54) is 11.0 Å². The van der Waals surface area contributed by atoms with Crippen molar-refractivity contribution >= 4 is 38.9 Å². The maximum atomic E-state index is 13.2. The molecule has 2 N–H and O–H groups in total. The first-order valence-corrected chi connectivity index (χ1v) is 11.1. The molecule has 0 saturated heterocycles. The predicted molar refractivity (Wildman–Crippen MR) is 120 cm³/mol. The molecule has 1 aliphatic rings. The normalized spacial score (nSPS) is 13.4. The van der Waals surface area contributed by atoms with E-state index in [2.05, 4.69) is 10.0 Å². The van der Waals surface area contributed by atoms with Crippen LogP contribution in [0.5, 0.6) is 0 Å². The van der Waals surface area contributed by atoms with Crippen LogP contribution in [0.2, 0.25) is 0 Å². The van der Waals surface area contributed by atoms with Crippen LogP contribution in [0.15, 0.2) is 71.6 Å². The van der Waals surface area contributed by atoms with E-state index in [1.54, 1.807) is 55.5 Å². The van der Waals surface area contributed by atoms with E-state index < -0.39 is 15.9 Å². The molecule has 2 amide bonds. The second-order valence-electron chi connectivity index (χ2n) is 7.36. The number of nitrogens with one attached hydrogen (secondary N) is 2. The van der Waals surface area contributed by atoms with Gasteiger partial charge in [0.1, 0.15) is 6.54 Å². The lowest BCUT2D eigenvalue weighted by atomic mass is 10.1. The van der Waals surface area contributed by atoms with Gasteiger partial charge in [-0.2, -0.15) is 0 Å². The van der Waals surface area contributed by atoms with Gasteiger partial charge < -0.3 is 5.32 Å². The van der Waals surface area contributed by atoms with Crippen molar-refractivity contribution in [2.75, 3.05) is 21.5 Å². The van der Waals surface area contributed by atoms with E-state index in [0.717, 1.165) is 5.56 Å². The summed E-state index contributed by atoms with van der Waals surface area (Å²) in [5.41, 5.74) is 3.05. The number of nitrogens with zero attached hydrogens (tertiary/aromatic N) is 1. The second-order valence-corrected chi connectivity index (χ2v) is 9.01. The van der Waals surface area contributed by atoms with Gasteiger partial charge in [-0.05, 0) is 55.3 Å². The summed E-state index contributed by atoms with van der Waals surface area (Å²) in [6.07, 6.45) is 0. The number of aryl methyl sites for hydroxylation is 2. The Labute approximate surface area is 180 Å². The van der Waals surface area contributed by atoms with Gasteiger partial charge in [-0.3, -0.25) is 19.2 Å². The number of carbonyl (C=O) groups is 2. The first-order valence-electron chi connectivity index (χ1n) is 9.66. The summed E-state index contributed by atoms with van der Waals surface area (Å²) in [5.74, 6) is -0.761. The Balaban J connectivity index is 1.71. The number of benzene rings is 3. The molecule has 0 fully saturated rings. The maximum Gasteiger partial charge on any atom is 0.262 e. The van der Waals surface area contributed by atoms with E-state index in [1.807, 2.05) is 19.1 Å². The maximum absolute atomic E-state index is 13.2. The average molecular weight is 436 g/mol. The van der Waals surface area contributed by atoms with Crippen molar-refractivity contribution in [2.45, 2.75) is 18.7 Å². The van der Waals surface area contributed by atoms with E-state index in [9.17, 15) is 18.0 Å². The lowest BCUT2D eigenvalue weighted by Crippen LogP contribution is -2.42. The Morgan fingerprint density at radius 1 is 0.968 bits per heavy atom. The minimum atomic E-state index is -3.92. The first kappa shape index (κ1) is 20.6. The number of para-hydroxylation sites is 3. The van der Waals surface area contributed by atoms with Gasteiger partial charge in [-0.15, -0.1) is 0 Å². The molecule has 0 bridgehead atoms. The van der Waals surface area contributed by atoms with Crippen LogP contribution in [-0.2, 0) is 14.8 Å². The molecule has 8 heteroatoms. The predicted octanol–water partition coefficient (Wildman–Crippen LogP) is 3.70. The second kappa shape index (κ2) is 7.88. The number of fused-ring (bicyclic) bond motifs is 1. The van der Waals surface area contributed by atoms with Crippen molar-refractivity contribution in [3.8, 4) is 0 Å². The number of hydrogen-bond donors (Lipinski definition) is 2. The van der Waals surface area contributed by atoms with Gasteiger partial charge in [-0.25, -0.2) is 8.42 Å². The van der Waals surface area contributed by atoms with Gasteiger partial charge in [0.15, 0.2) is 0 Å². The number of sulfonamides is 1. The monoisotopic (exact) mass is 435 g/mol. The quantitative estimate of drug-likeness (QED) is 0.653. The third-order valence-corrected chi connectivity index (χ3v) is 6.64. The molecule has 3 aromatic carbocycles. The van der Waals surface area contributed by atoms with Crippen LogP contribution in [0, 0.1) is 13.8 Å². The Kier molecular flexibility index (Phi) is 5.24. The smallest absolute Gasteiger partial charge is 0.262 e. The molecule has 0 saturated carbocycles. The number of rotatable bonds is 4. The third-order valence-electron chi connectivity index (χ3n) is 5.13. The highest BCUT2D eigenvalue weighted by atomic mass is 32.2. The van der Waals surface area contributed by atoms with Crippen molar-refractivity contribution in [1.82, 2.24) is 0 Å². The topological polar surface area (TPSA) is 95.6 Å². The van der Waals surface area contributed by atoms with Crippen LogP contribution >= 0.6 is 0 Å². The Hall–Kier alpha value is -3.65. The Morgan fingerprint density at radius 3 is 2.45 bits per heavy atom. The minimum absolute atomic E-state index is 0.0105. The minimum Gasteiger partial charge on any atom is -0.323 e. The van der Waals surface area contributed by atoms with Crippen LogP contribution in [0.1, 0.15) is 21.5 Å². The highest BCUT2D eigenvalue weighted by Crippen LogP contribution is 2.31. The highest BCUT2D eigenvalue weighted by Gasteiger charge is 2.28. The van der Waals surface area contributed by atoms with Crippen LogP contribution in [-0.4, -0.2) is 26.8 Å². The molecule has 4 rings (SSSR count). The molecule has 7 nitrogen and oxygen atoms in total. The highest BCUT2D eigenvalue weighted by molar-refractivity contribution is 7.92. The number of amides is 2. The lowest BCUT2D eigenvalue weighted by Gasteiger charge is -2.29. The molecule has 1 heterocycles. The van der Waals surface area contributed by atoms with Crippen LogP contribution in [0.25, 0.3) is 0 Å². The van der Waals surface area contributed by atoms with Crippen molar-refractivity contribution in [3.05, 3.63) is 83.4 Å². The fourth-order valence-electron chi connectivity index (χ4n) is 3.48. The summed E-state index contributed by atoms with van der Waals surface area (Å²) in [7, 11) is -3.92. The number of anilines is 3. The van der Waals surface area contributed by atoms with Crippen LogP contribution < -0.4 is 14.9 Å². The third kappa shape index (κ3) is 4.02. The Bertz CT molecular complexity index is 1300. The molecule has 31 heavy (non-hydrogen) atoms. The lowest BCUT2D eigenvalue weighted by molar-refractivity contribution is -0.115. The summed E-state index contributed by atoms with van der Waals surface area (Å²) in [6, 6.07) is 18.6. The number of carbonyl (C=O) groups excluding carboxylic acids is 2.